The molecule has 1 amide bonds. The molecule has 0 unspecified atom stereocenters. The molecule has 4 aliphatic rings. The molecule has 1 aromatic carbocycles. The van der Waals surface area contributed by atoms with Gasteiger partial charge < -0.3 is 14.8 Å². The van der Waals surface area contributed by atoms with Crippen molar-refractivity contribution in [3.8, 4) is 11.5 Å². The molecule has 0 saturated heterocycles. The van der Waals surface area contributed by atoms with E-state index in [0.29, 0.717) is 25.0 Å². The Kier molecular flexibility index (Phi) is 2.56. The Morgan fingerprint density at radius 3 is 2.39 bits per heavy atom. The second kappa shape index (κ2) is 4.21. The van der Waals surface area contributed by atoms with Crippen LogP contribution < -0.4 is 14.8 Å². The van der Waals surface area contributed by atoms with E-state index < -0.39 is 10.3 Å². The van der Waals surface area contributed by atoms with Gasteiger partial charge in [-0.2, -0.15) is 0 Å². The van der Waals surface area contributed by atoms with E-state index in [2.05, 4.69) is 5.32 Å². The minimum atomic E-state index is -0.596. The number of nitrogens with one attached hydrogen (secondary N) is 1. The Bertz CT molecular complexity index is 752. The van der Waals surface area contributed by atoms with Crippen molar-refractivity contribution < 1.29 is 24.0 Å². The molecule has 1 N–H and O–H groups in total. The average Bonchev–Trinajstić information content (AvgIpc) is 2.85. The summed E-state index contributed by atoms with van der Waals surface area (Å²) in [5.41, 5.74) is -1.11. The van der Waals surface area contributed by atoms with Crippen LogP contribution in [0.2, 0.25) is 0 Å². The molecule has 2 bridgehead atoms. The van der Waals surface area contributed by atoms with Crippen molar-refractivity contribution in [2.45, 2.75) is 31.7 Å². The summed E-state index contributed by atoms with van der Waals surface area (Å²) in [4.78, 5) is 34.7. The number of benzene rings is 1. The van der Waals surface area contributed by atoms with E-state index in [1.165, 1.54) is 19.1 Å². The van der Waals surface area contributed by atoms with Gasteiger partial charge in [0.2, 0.25) is 12.7 Å². The lowest BCUT2D eigenvalue weighted by Crippen LogP contribution is -2.76. The number of carbonyl (C=O) groups excluding carboxylic acids is 2. The van der Waals surface area contributed by atoms with E-state index in [9.17, 15) is 19.7 Å². The number of rotatable bonds is 4. The molecule has 3 aliphatic carbocycles. The summed E-state index contributed by atoms with van der Waals surface area (Å²) in [5.74, 6) is 0.247. The highest BCUT2D eigenvalue weighted by molar-refractivity contribution is 6.07. The molecule has 0 radical (unpaired) electrons. The van der Waals surface area contributed by atoms with Crippen molar-refractivity contribution in [1.29, 1.82) is 0 Å². The van der Waals surface area contributed by atoms with Gasteiger partial charge in [-0.3, -0.25) is 19.7 Å². The molecule has 23 heavy (non-hydrogen) atoms. The fourth-order valence-corrected chi connectivity index (χ4v) is 4.08. The number of ether oxygens (including phenoxy) is 2. The molecule has 8 heteroatoms. The zero-order valence-electron chi connectivity index (χ0n) is 12.4. The topological polar surface area (TPSA) is 108 Å². The number of hydrogen-bond acceptors (Lipinski definition) is 6. The maximum atomic E-state index is 12.8. The molecule has 5 rings (SSSR count). The average molecular weight is 318 g/mol. The molecular weight excluding hydrogens is 304 g/mol. The van der Waals surface area contributed by atoms with Crippen LogP contribution in [0, 0.1) is 15.5 Å². The van der Waals surface area contributed by atoms with Gasteiger partial charge in [0.15, 0.2) is 17.3 Å². The number of fused-ring (bicyclic) bond motifs is 1. The highest BCUT2D eigenvalue weighted by Crippen LogP contribution is 2.68. The minimum Gasteiger partial charge on any atom is -0.454 e. The molecule has 8 nitrogen and oxygen atoms in total. The smallest absolute Gasteiger partial charge is 0.284 e. The van der Waals surface area contributed by atoms with Crippen molar-refractivity contribution in [3.05, 3.63) is 27.8 Å². The maximum Gasteiger partial charge on any atom is 0.284 e. The predicted molar refractivity (Wildman–Crippen MR) is 76.4 cm³/mol. The molecule has 0 spiro atoms. The van der Waals surface area contributed by atoms with Crippen LogP contribution in [0.4, 0.5) is 5.69 Å². The third-order valence-corrected chi connectivity index (χ3v) is 4.89. The van der Waals surface area contributed by atoms with Crippen LogP contribution in [0.5, 0.6) is 11.5 Å². The van der Waals surface area contributed by atoms with Crippen LogP contribution in [0.3, 0.4) is 0 Å². The molecule has 120 valence electrons. The molecule has 3 saturated carbocycles. The molecule has 0 atom stereocenters. The Morgan fingerprint density at radius 1 is 1.22 bits per heavy atom. The molecule has 0 aromatic heterocycles. The number of nitro benzene ring substituents is 1. The Labute approximate surface area is 130 Å². The summed E-state index contributed by atoms with van der Waals surface area (Å²) < 4.78 is 10.4. The molecule has 3 fully saturated rings. The van der Waals surface area contributed by atoms with Crippen molar-refractivity contribution >= 4 is 17.4 Å². The number of nitro groups is 1. The Balaban J connectivity index is 1.64. The standard InChI is InChI=1S/C15H14N2O6/c1-8(18)16-15-4-14(5-15,6-15)13(19)9-2-11-12(23-7-22-11)3-10(9)17(20)21/h2-3H,4-7H2,1H3,(H,16,18). The number of amides is 1. The lowest BCUT2D eigenvalue weighted by molar-refractivity contribution is -0.385. The maximum absolute atomic E-state index is 12.8. The van der Waals surface area contributed by atoms with E-state index in [1.807, 2.05) is 0 Å². The Hall–Kier alpha value is -2.64. The minimum absolute atomic E-state index is 0.0130. The first kappa shape index (κ1) is 14.0. The lowest BCUT2D eigenvalue weighted by Gasteiger charge is -2.69. The van der Waals surface area contributed by atoms with E-state index in [-0.39, 0.29) is 41.0 Å². The SMILES string of the molecule is CC(=O)NC12CC(C(=O)c3cc4c(cc3[N+](=O)[O-])OCO4)(C1)C2. The van der Waals surface area contributed by atoms with E-state index >= 15 is 0 Å². The van der Waals surface area contributed by atoms with Crippen molar-refractivity contribution in [2.24, 2.45) is 5.41 Å². The Morgan fingerprint density at radius 2 is 1.83 bits per heavy atom. The number of nitrogens with zero attached hydrogens (tertiary/aromatic N) is 1. The summed E-state index contributed by atoms with van der Waals surface area (Å²) in [6, 6.07) is 2.64. The van der Waals surface area contributed by atoms with E-state index in [0.717, 1.165) is 0 Å². The van der Waals surface area contributed by atoms with Gasteiger partial charge in [-0.05, 0) is 19.3 Å². The first-order valence-corrected chi connectivity index (χ1v) is 7.26. The molecule has 1 aromatic rings. The van der Waals surface area contributed by atoms with Gasteiger partial charge >= 0.3 is 0 Å². The second-order valence-electron chi connectivity index (χ2n) is 6.58. The zero-order valence-corrected chi connectivity index (χ0v) is 12.4. The number of ketones is 1. The van der Waals surface area contributed by atoms with Crippen molar-refractivity contribution in [1.82, 2.24) is 5.32 Å². The van der Waals surface area contributed by atoms with Gasteiger partial charge in [0.05, 0.1) is 16.6 Å². The highest BCUT2D eigenvalue weighted by Gasteiger charge is 2.72. The van der Waals surface area contributed by atoms with Crippen molar-refractivity contribution in [2.75, 3.05) is 6.79 Å². The number of carbonyl (C=O) groups is 2. The molecule has 1 heterocycles. The lowest BCUT2D eigenvalue weighted by atomic mass is 9.37. The fourth-order valence-electron chi connectivity index (χ4n) is 4.08. The van der Waals surface area contributed by atoms with Crippen LogP contribution in [0.25, 0.3) is 0 Å². The van der Waals surface area contributed by atoms with Crippen molar-refractivity contribution in [3.63, 3.8) is 0 Å². The monoisotopic (exact) mass is 318 g/mol. The van der Waals surface area contributed by atoms with Gasteiger partial charge in [0.25, 0.3) is 5.69 Å². The number of hydrogen-bond donors (Lipinski definition) is 1. The first-order chi connectivity index (χ1) is 10.8. The summed E-state index contributed by atoms with van der Waals surface area (Å²) in [7, 11) is 0. The third kappa shape index (κ3) is 1.84. The van der Waals surface area contributed by atoms with Gasteiger partial charge in [-0.15, -0.1) is 0 Å². The predicted octanol–water partition coefficient (Wildman–Crippen LogP) is 1.57. The quantitative estimate of drug-likeness (QED) is 0.513. The van der Waals surface area contributed by atoms with E-state index in [1.54, 1.807) is 0 Å². The zero-order chi connectivity index (χ0) is 16.4. The highest BCUT2D eigenvalue weighted by atomic mass is 16.7. The van der Waals surface area contributed by atoms with Crippen LogP contribution in [-0.4, -0.2) is 28.9 Å². The fraction of sp³-hybridized carbons (Fsp3) is 0.467. The first-order valence-electron chi connectivity index (χ1n) is 7.26. The summed E-state index contributed by atoms with van der Waals surface area (Å²) >= 11 is 0. The van der Waals surface area contributed by atoms with E-state index in [4.69, 9.17) is 9.47 Å². The number of Topliss-reactive ketones (excluding diaryl/α,β-unsaturated/α-hetero) is 1. The van der Waals surface area contributed by atoms with Crippen LogP contribution in [-0.2, 0) is 4.79 Å². The molecular formula is C15H14N2O6. The largest absolute Gasteiger partial charge is 0.454 e. The van der Waals surface area contributed by atoms with Gasteiger partial charge in [0, 0.05) is 23.9 Å². The summed E-state index contributed by atoms with van der Waals surface area (Å²) in [6.45, 7) is 1.43. The second-order valence-corrected chi connectivity index (χ2v) is 6.58. The van der Waals surface area contributed by atoms with Gasteiger partial charge in [0.1, 0.15) is 0 Å². The summed E-state index contributed by atoms with van der Waals surface area (Å²) in [5, 5.41) is 14.1. The van der Waals surface area contributed by atoms with Crippen LogP contribution in [0.15, 0.2) is 12.1 Å². The third-order valence-electron chi connectivity index (χ3n) is 4.89. The molecule has 1 aliphatic heterocycles. The normalized spacial score (nSPS) is 29.3. The van der Waals surface area contributed by atoms with Crippen LogP contribution in [0.1, 0.15) is 36.5 Å². The van der Waals surface area contributed by atoms with Gasteiger partial charge in [-0.25, -0.2) is 0 Å². The van der Waals surface area contributed by atoms with Gasteiger partial charge in [-0.1, -0.05) is 0 Å². The van der Waals surface area contributed by atoms with Crippen LogP contribution >= 0.6 is 0 Å². The summed E-state index contributed by atoms with van der Waals surface area (Å²) in [6.07, 6.45) is 1.60.